The molecule has 2 aromatic rings. The van der Waals surface area contributed by atoms with Crippen LogP contribution in [0.3, 0.4) is 0 Å². The lowest BCUT2D eigenvalue weighted by Crippen LogP contribution is -2.21. The summed E-state index contributed by atoms with van der Waals surface area (Å²) in [6, 6.07) is 10.0. The first kappa shape index (κ1) is 13.5. The summed E-state index contributed by atoms with van der Waals surface area (Å²) in [5.41, 5.74) is 2.39. The van der Waals surface area contributed by atoms with Crippen LogP contribution < -0.4 is 5.56 Å². The molecule has 1 aromatic carbocycles. The van der Waals surface area contributed by atoms with Gasteiger partial charge in [0.05, 0.1) is 0 Å². The monoisotopic (exact) mass is 259 g/mol. The van der Waals surface area contributed by atoms with E-state index < -0.39 is 0 Å². The second-order valence-electron chi connectivity index (χ2n) is 5.78. The summed E-state index contributed by atoms with van der Waals surface area (Å²) in [6.45, 7) is 6.16. The van der Waals surface area contributed by atoms with Crippen LogP contribution in [0.25, 0.3) is 0 Å². The van der Waals surface area contributed by atoms with Crippen molar-refractivity contribution in [2.24, 2.45) is 0 Å². The third kappa shape index (κ3) is 3.31. The van der Waals surface area contributed by atoms with E-state index in [-0.39, 0.29) is 16.8 Å². The molecule has 1 N–H and O–H groups in total. The zero-order valence-corrected chi connectivity index (χ0v) is 11.5. The molecule has 2 nitrogen and oxygen atoms in total. The molecule has 0 bridgehead atoms. The van der Waals surface area contributed by atoms with E-state index in [2.05, 4.69) is 25.8 Å². The second kappa shape index (κ2) is 5.00. The Morgan fingerprint density at radius 2 is 1.68 bits per heavy atom. The van der Waals surface area contributed by atoms with Crippen LogP contribution in [0.2, 0.25) is 0 Å². The van der Waals surface area contributed by atoms with E-state index in [1.54, 1.807) is 12.1 Å². The van der Waals surface area contributed by atoms with Gasteiger partial charge in [0.2, 0.25) is 0 Å². The van der Waals surface area contributed by atoms with Crippen LogP contribution in [0.4, 0.5) is 4.39 Å². The Hall–Kier alpha value is -1.90. The molecule has 0 unspecified atom stereocenters. The van der Waals surface area contributed by atoms with E-state index in [0.717, 1.165) is 11.3 Å². The first-order valence-electron chi connectivity index (χ1n) is 6.33. The van der Waals surface area contributed by atoms with Crippen molar-refractivity contribution in [3.63, 3.8) is 0 Å². The minimum Gasteiger partial charge on any atom is -0.325 e. The summed E-state index contributed by atoms with van der Waals surface area (Å²) in [5.74, 6) is -0.263. The van der Waals surface area contributed by atoms with Crippen LogP contribution in [0, 0.1) is 5.82 Å². The predicted molar refractivity (Wildman–Crippen MR) is 75.0 cm³/mol. The smallest absolute Gasteiger partial charge is 0.251 e. The van der Waals surface area contributed by atoms with E-state index in [1.165, 1.54) is 12.1 Å². The molecule has 0 aliphatic carbocycles. The van der Waals surface area contributed by atoms with Gasteiger partial charge in [-0.1, -0.05) is 39.0 Å². The number of rotatable bonds is 2. The standard InChI is InChI=1S/C16H18FNO/c1-16(2,3)14-9-6-12(15(19)18-14)10-11-4-7-13(17)8-5-11/h4-9H,10H2,1-3H3,(H,18,19). The zero-order valence-electron chi connectivity index (χ0n) is 11.5. The van der Waals surface area contributed by atoms with E-state index >= 15 is 0 Å². The van der Waals surface area contributed by atoms with Gasteiger partial charge in [-0.15, -0.1) is 0 Å². The zero-order chi connectivity index (χ0) is 14.0. The van der Waals surface area contributed by atoms with Crippen LogP contribution in [0.15, 0.2) is 41.2 Å². The molecule has 0 aliphatic rings. The van der Waals surface area contributed by atoms with Gasteiger partial charge < -0.3 is 4.98 Å². The van der Waals surface area contributed by atoms with Crippen LogP contribution in [-0.2, 0) is 11.8 Å². The highest BCUT2D eigenvalue weighted by atomic mass is 19.1. The van der Waals surface area contributed by atoms with Crippen molar-refractivity contribution in [2.45, 2.75) is 32.6 Å². The molecule has 2 rings (SSSR count). The normalized spacial score (nSPS) is 11.6. The lowest BCUT2D eigenvalue weighted by Gasteiger charge is -2.18. The number of hydrogen-bond donors (Lipinski definition) is 1. The highest BCUT2D eigenvalue weighted by Crippen LogP contribution is 2.19. The number of H-pyrrole nitrogens is 1. The summed E-state index contributed by atoms with van der Waals surface area (Å²) in [6.07, 6.45) is 0.514. The van der Waals surface area contributed by atoms with Crippen molar-refractivity contribution >= 4 is 0 Å². The molecule has 100 valence electrons. The average molecular weight is 259 g/mol. The molecular weight excluding hydrogens is 241 g/mol. The molecule has 1 aromatic heterocycles. The van der Waals surface area contributed by atoms with Crippen molar-refractivity contribution < 1.29 is 4.39 Å². The fourth-order valence-corrected chi connectivity index (χ4v) is 1.90. The Kier molecular flexibility index (Phi) is 3.56. The van der Waals surface area contributed by atoms with Crippen molar-refractivity contribution in [1.82, 2.24) is 4.98 Å². The van der Waals surface area contributed by atoms with Gasteiger partial charge in [0.1, 0.15) is 5.82 Å². The first-order valence-corrected chi connectivity index (χ1v) is 6.33. The second-order valence-corrected chi connectivity index (χ2v) is 5.78. The summed E-state index contributed by atoms with van der Waals surface area (Å²) in [7, 11) is 0. The lowest BCUT2D eigenvalue weighted by molar-refractivity contribution is 0.566. The molecule has 19 heavy (non-hydrogen) atoms. The van der Waals surface area contributed by atoms with E-state index in [4.69, 9.17) is 0 Å². The molecule has 0 saturated carbocycles. The van der Waals surface area contributed by atoms with Gasteiger partial charge in [-0.05, 0) is 23.8 Å². The van der Waals surface area contributed by atoms with E-state index in [0.29, 0.717) is 12.0 Å². The fourth-order valence-electron chi connectivity index (χ4n) is 1.90. The number of aromatic nitrogens is 1. The third-order valence-electron chi connectivity index (χ3n) is 3.11. The topological polar surface area (TPSA) is 32.9 Å². The maximum atomic E-state index is 12.8. The van der Waals surface area contributed by atoms with Crippen molar-refractivity contribution in [2.75, 3.05) is 0 Å². The maximum absolute atomic E-state index is 12.8. The van der Waals surface area contributed by atoms with Crippen LogP contribution in [0.5, 0.6) is 0 Å². The number of nitrogens with one attached hydrogen (secondary N) is 1. The predicted octanol–water partition coefficient (Wildman–Crippen LogP) is 3.40. The summed E-state index contributed by atoms with van der Waals surface area (Å²) >= 11 is 0. The van der Waals surface area contributed by atoms with Crippen molar-refractivity contribution in [3.8, 4) is 0 Å². The van der Waals surface area contributed by atoms with Gasteiger partial charge in [-0.3, -0.25) is 4.79 Å². The fraction of sp³-hybridized carbons (Fsp3) is 0.312. The van der Waals surface area contributed by atoms with Gasteiger partial charge >= 0.3 is 0 Å². The molecule has 3 heteroatoms. The van der Waals surface area contributed by atoms with Crippen LogP contribution in [0.1, 0.15) is 37.6 Å². The molecular formula is C16H18FNO. The Labute approximate surface area is 112 Å². The largest absolute Gasteiger partial charge is 0.325 e. The average Bonchev–Trinajstić information content (AvgIpc) is 2.33. The summed E-state index contributed by atoms with van der Waals surface area (Å²) in [4.78, 5) is 14.9. The molecule has 0 spiro atoms. The highest BCUT2D eigenvalue weighted by molar-refractivity contribution is 5.26. The lowest BCUT2D eigenvalue weighted by atomic mass is 9.91. The van der Waals surface area contributed by atoms with Crippen LogP contribution >= 0.6 is 0 Å². The minimum atomic E-state index is -0.263. The van der Waals surface area contributed by atoms with Gasteiger partial charge in [-0.2, -0.15) is 0 Å². The Morgan fingerprint density at radius 3 is 2.21 bits per heavy atom. The molecule has 0 saturated heterocycles. The van der Waals surface area contributed by atoms with Gasteiger partial charge in [-0.25, -0.2) is 4.39 Å². The summed E-state index contributed by atoms with van der Waals surface area (Å²) < 4.78 is 12.8. The van der Waals surface area contributed by atoms with Gasteiger partial charge in [0.25, 0.3) is 5.56 Å². The van der Waals surface area contributed by atoms with E-state index in [9.17, 15) is 9.18 Å². The number of halogens is 1. The summed E-state index contributed by atoms with van der Waals surface area (Å²) in [5, 5.41) is 0. The van der Waals surface area contributed by atoms with Crippen LogP contribution in [-0.4, -0.2) is 4.98 Å². The highest BCUT2D eigenvalue weighted by Gasteiger charge is 2.15. The third-order valence-corrected chi connectivity index (χ3v) is 3.11. The SMILES string of the molecule is CC(C)(C)c1ccc(Cc2ccc(F)cc2)c(=O)[nH]1. The van der Waals surface area contributed by atoms with Crippen molar-refractivity contribution in [3.05, 3.63) is 69.4 Å². The quantitative estimate of drug-likeness (QED) is 0.881. The molecule has 0 amide bonds. The molecule has 0 radical (unpaired) electrons. The molecule has 1 heterocycles. The van der Waals surface area contributed by atoms with Gasteiger partial charge in [0.15, 0.2) is 0 Å². The number of aromatic amines is 1. The number of hydrogen-bond acceptors (Lipinski definition) is 1. The van der Waals surface area contributed by atoms with Gasteiger partial charge in [0, 0.05) is 23.1 Å². The Bertz CT molecular complexity index is 620. The number of pyridine rings is 1. The Balaban J connectivity index is 2.27. The Morgan fingerprint density at radius 1 is 1.05 bits per heavy atom. The first-order chi connectivity index (χ1) is 8.86. The molecule has 0 fully saturated rings. The minimum absolute atomic E-state index is 0.0725. The molecule has 0 aliphatic heterocycles. The number of benzene rings is 1. The maximum Gasteiger partial charge on any atom is 0.251 e. The van der Waals surface area contributed by atoms with E-state index in [1.807, 2.05) is 12.1 Å². The molecule has 0 atom stereocenters. The van der Waals surface area contributed by atoms with Crippen molar-refractivity contribution in [1.29, 1.82) is 0 Å².